The van der Waals surface area contributed by atoms with E-state index in [9.17, 15) is 0 Å². The van der Waals surface area contributed by atoms with E-state index in [1.807, 2.05) is 0 Å². The van der Waals surface area contributed by atoms with Gasteiger partial charge in [0.1, 0.15) is 0 Å². The second-order valence-corrected chi connectivity index (χ2v) is 5.76. The van der Waals surface area contributed by atoms with Crippen molar-refractivity contribution >= 4 is 0 Å². The molecule has 0 bridgehead atoms. The van der Waals surface area contributed by atoms with Crippen LogP contribution in [-0.4, -0.2) is 32.7 Å². The molecule has 1 atom stereocenters. The summed E-state index contributed by atoms with van der Waals surface area (Å²) < 4.78 is 5.40. The summed E-state index contributed by atoms with van der Waals surface area (Å²) in [4.78, 5) is 11.6. The molecule has 21 heavy (non-hydrogen) atoms. The third-order valence-corrected chi connectivity index (χ3v) is 4.20. The fourth-order valence-electron chi connectivity index (χ4n) is 3.10. The normalized spacial score (nSPS) is 17.4. The van der Waals surface area contributed by atoms with Crippen LogP contribution in [0.5, 0.6) is 0 Å². The van der Waals surface area contributed by atoms with Crippen molar-refractivity contribution in [1.29, 1.82) is 0 Å². The number of H-pyrrole nitrogens is 1. The fraction of sp³-hybridized carbons (Fsp3) is 0.667. The molecule has 6 nitrogen and oxygen atoms in total. The van der Waals surface area contributed by atoms with Crippen LogP contribution in [0.1, 0.15) is 44.9 Å². The maximum Gasteiger partial charge on any atom is 0.238 e. The molecule has 2 N–H and O–H groups in total. The second kappa shape index (κ2) is 6.85. The minimum absolute atomic E-state index is 0.442. The molecule has 0 saturated heterocycles. The van der Waals surface area contributed by atoms with Gasteiger partial charge >= 0.3 is 0 Å². The maximum atomic E-state index is 5.40. The van der Waals surface area contributed by atoms with Gasteiger partial charge < -0.3 is 14.8 Å². The molecule has 2 aromatic rings. The van der Waals surface area contributed by atoms with Crippen molar-refractivity contribution in [2.24, 2.45) is 5.92 Å². The van der Waals surface area contributed by atoms with Crippen LogP contribution in [0.3, 0.4) is 0 Å². The van der Waals surface area contributed by atoms with Gasteiger partial charge in [-0.25, -0.2) is 4.98 Å². The molecule has 2 aromatic heterocycles. The number of nitrogens with one attached hydrogen (secondary N) is 2. The van der Waals surface area contributed by atoms with Crippen molar-refractivity contribution in [1.82, 2.24) is 25.4 Å². The molecule has 1 aliphatic rings. The highest BCUT2D eigenvalue weighted by molar-refractivity contribution is 5.40. The van der Waals surface area contributed by atoms with E-state index < -0.39 is 0 Å². The van der Waals surface area contributed by atoms with E-state index in [-0.39, 0.29) is 0 Å². The van der Waals surface area contributed by atoms with Gasteiger partial charge in [0.15, 0.2) is 5.82 Å². The summed E-state index contributed by atoms with van der Waals surface area (Å²) in [6.07, 6.45) is 10.7. The third-order valence-electron chi connectivity index (χ3n) is 4.20. The molecule has 0 amide bonds. The Morgan fingerprint density at radius 2 is 2.29 bits per heavy atom. The van der Waals surface area contributed by atoms with E-state index in [2.05, 4.69) is 32.3 Å². The van der Waals surface area contributed by atoms with Crippen LogP contribution in [0.4, 0.5) is 0 Å². The molecule has 1 unspecified atom stereocenters. The zero-order valence-corrected chi connectivity index (χ0v) is 12.5. The number of hydrogen-bond acceptors (Lipinski definition) is 5. The van der Waals surface area contributed by atoms with Gasteiger partial charge in [-0.1, -0.05) is 24.9 Å². The first kappa shape index (κ1) is 14.3. The van der Waals surface area contributed by atoms with Crippen LogP contribution < -0.4 is 5.32 Å². The van der Waals surface area contributed by atoms with Crippen LogP contribution in [0.2, 0.25) is 0 Å². The average Bonchev–Trinajstić information content (AvgIpc) is 3.24. The summed E-state index contributed by atoms with van der Waals surface area (Å²) in [5.74, 6) is 2.62. The largest absolute Gasteiger partial charge is 0.342 e. The highest BCUT2D eigenvalue weighted by atomic mass is 16.5. The van der Waals surface area contributed by atoms with E-state index in [1.165, 1.54) is 25.7 Å². The fourth-order valence-corrected chi connectivity index (χ4v) is 3.10. The Kier molecular flexibility index (Phi) is 4.65. The van der Waals surface area contributed by atoms with Gasteiger partial charge in [0, 0.05) is 24.9 Å². The van der Waals surface area contributed by atoms with E-state index in [0.717, 1.165) is 25.3 Å². The Balaban J connectivity index is 1.67. The summed E-state index contributed by atoms with van der Waals surface area (Å²) in [6, 6.07) is 0.442. The van der Waals surface area contributed by atoms with Crippen molar-refractivity contribution in [3.63, 3.8) is 0 Å². The van der Waals surface area contributed by atoms with Gasteiger partial charge in [0.25, 0.3) is 0 Å². The summed E-state index contributed by atoms with van der Waals surface area (Å²) in [6.45, 7) is 3.24. The molecule has 0 radical (unpaired) electrons. The van der Waals surface area contributed by atoms with Crippen LogP contribution >= 0.6 is 0 Å². The molecule has 0 spiro atoms. The lowest BCUT2D eigenvalue weighted by Gasteiger charge is -2.23. The molecular weight excluding hydrogens is 266 g/mol. The first-order valence-corrected chi connectivity index (χ1v) is 7.92. The second-order valence-electron chi connectivity index (χ2n) is 5.76. The first-order chi connectivity index (χ1) is 10.4. The van der Waals surface area contributed by atoms with E-state index in [1.54, 1.807) is 12.4 Å². The first-order valence-electron chi connectivity index (χ1n) is 7.92. The van der Waals surface area contributed by atoms with E-state index in [4.69, 9.17) is 4.52 Å². The van der Waals surface area contributed by atoms with Gasteiger partial charge in [-0.05, 0) is 31.7 Å². The molecule has 1 aliphatic carbocycles. The SMILES string of the molecule is CCCNC(Cc1nc(-c2ncc[nH]2)no1)C1CCCC1. The van der Waals surface area contributed by atoms with Gasteiger partial charge in [-0.15, -0.1) is 0 Å². The molecular formula is C15H23N5O. The number of aromatic amines is 1. The summed E-state index contributed by atoms with van der Waals surface area (Å²) in [5, 5.41) is 7.66. The van der Waals surface area contributed by atoms with Gasteiger partial charge in [0.05, 0.1) is 0 Å². The van der Waals surface area contributed by atoms with Crippen molar-refractivity contribution in [2.45, 2.75) is 51.5 Å². The van der Waals surface area contributed by atoms with Gasteiger partial charge in [0.2, 0.25) is 11.7 Å². The highest BCUT2D eigenvalue weighted by Crippen LogP contribution is 2.29. The summed E-state index contributed by atoms with van der Waals surface area (Å²) in [5.41, 5.74) is 0. The lowest BCUT2D eigenvalue weighted by atomic mass is 9.95. The molecule has 114 valence electrons. The van der Waals surface area contributed by atoms with Crippen LogP contribution in [0.25, 0.3) is 11.6 Å². The standard InChI is InChI=1S/C15H23N5O/c1-2-7-16-12(11-5-3-4-6-11)10-13-19-15(20-21-13)14-17-8-9-18-14/h8-9,11-12,16H,2-7,10H2,1H3,(H,17,18). The minimum atomic E-state index is 0.442. The number of rotatable bonds is 7. The zero-order chi connectivity index (χ0) is 14.5. The molecule has 0 aliphatic heterocycles. The lowest BCUT2D eigenvalue weighted by molar-refractivity contribution is 0.308. The number of hydrogen-bond donors (Lipinski definition) is 2. The Hall–Kier alpha value is -1.69. The predicted molar refractivity (Wildman–Crippen MR) is 79.6 cm³/mol. The quantitative estimate of drug-likeness (QED) is 0.819. The van der Waals surface area contributed by atoms with Gasteiger partial charge in [-0.2, -0.15) is 4.98 Å². The Morgan fingerprint density at radius 3 is 3.00 bits per heavy atom. The van der Waals surface area contributed by atoms with Crippen molar-refractivity contribution in [3.05, 3.63) is 18.3 Å². The molecule has 0 aromatic carbocycles. The maximum absolute atomic E-state index is 5.40. The summed E-state index contributed by atoms with van der Waals surface area (Å²) >= 11 is 0. The molecule has 2 heterocycles. The van der Waals surface area contributed by atoms with Crippen molar-refractivity contribution in [2.75, 3.05) is 6.54 Å². The highest BCUT2D eigenvalue weighted by Gasteiger charge is 2.26. The molecule has 1 saturated carbocycles. The van der Waals surface area contributed by atoms with E-state index >= 15 is 0 Å². The van der Waals surface area contributed by atoms with Crippen molar-refractivity contribution in [3.8, 4) is 11.6 Å². The van der Waals surface area contributed by atoms with Crippen LogP contribution in [0.15, 0.2) is 16.9 Å². The number of imidazole rings is 1. The average molecular weight is 289 g/mol. The Morgan fingerprint density at radius 1 is 1.43 bits per heavy atom. The zero-order valence-electron chi connectivity index (χ0n) is 12.5. The number of nitrogens with zero attached hydrogens (tertiary/aromatic N) is 3. The molecule has 3 rings (SSSR count). The smallest absolute Gasteiger partial charge is 0.238 e. The van der Waals surface area contributed by atoms with E-state index in [0.29, 0.717) is 23.6 Å². The third kappa shape index (κ3) is 3.50. The monoisotopic (exact) mass is 289 g/mol. The molecule has 6 heteroatoms. The van der Waals surface area contributed by atoms with Crippen molar-refractivity contribution < 1.29 is 4.52 Å². The Labute approximate surface area is 124 Å². The lowest BCUT2D eigenvalue weighted by Crippen LogP contribution is -2.37. The van der Waals surface area contributed by atoms with Gasteiger partial charge in [-0.3, -0.25) is 0 Å². The topological polar surface area (TPSA) is 79.6 Å². The predicted octanol–water partition coefficient (Wildman–Crippen LogP) is 2.56. The van der Waals surface area contributed by atoms with Crippen LogP contribution in [-0.2, 0) is 6.42 Å². The Bertz CT molecular complexity index is 530. The summed E-state index contributed by atoms with van der Waals surface area (Å²) in [7, 11) is 0. The minimum Gasteiger partial charge on any atom is -0.342 e. The molecule has 1 fully saturated rings. The number of aromatic nitrogens is 4. The van der Waals surface area contributed by atoms with Crippen LogP contribution in [0, 0.1) is 5.92 Å².